The largest absolute Gasteiger partial charge is 0.490 e. The Morgan fingerprint density at radius 3 is 2.50 bits per heavy atom. The second kappa shape index (κ2) is 6.19. The van der Waals surface area contributed by atoms with Gasteiger partial charge in [0.15, 0.2) is 7.11 Å². The van der Waals surface area contributed by atoms with Crippen LogP contribution in [0.5, 0.6) is 5.75 Å². The van der Waals surface area contributed by atoms with Gasteiger partial charge in [0.1, 0.15) is 5.75 Å². The summed E-state index contributed by atoms with van der Waals surface area (Å²) in [4.78, 5) is 15.7. The Morgan fingerprint density at radius 1 is 1.22 bits per heavy atom. The smallest absolute Gasteiger partial charge is 0.282 e. The van der Waals surface area contributed by atoms with Crippen molar-refractivity contribution in [1.82, 2.24) is 0 Å². The van der Waals surface area contributed by atoms with Gasteiger partial charge in [-0.15, -0.1) is 0 Å². The SMILES string of the molecule is CO[N+](=O)/C=C/c1ccc(OC2CCCC2)cc1. The molecular weight excluding hydrogens is 230 g/mol. The quantitative estimate of drug-likeness (QED) is 0.750. The normalized spacial score (nSPS) is 16.1. The molecule has 4 heteroatoms. The van der Waals surface area contributed by atoms with Gasteiger partial charge in [-0.3, -0.25) is 0 Å². The van der Waals surface area contributed by atoms with E-state index >= 15 is 0 Å². The maximum Gasteiger partial charge on any atom is 0.282 e. The summed E-state index contributed by atoms with van der Waals surface area (Å²) in [5, 5.41) is 0. The lowest BCUT2D eigenvalue weighted by Gasteiger charge is -2.12. The summed E-state index contributed by atoms with van der Waals surface area (Å²) in [5.41, 5.74) is 0.937. The molecule has 1 aliphatic rings. The molecule has 0 saturated heterocycles. The fourth-order valence-corrected chi connectivity index (χ4v) is 2.06. The van der Waals surface area contributed by atoms with Gasteiger partial charge in [-0.2, -0.15) is 0 Å². The minimum Gasteiger partial charge on any atom is -0.490 e. The van der Waals surface area contributed by atoms with Crippen molar-refractivity contribution in [2.24, 2.45) is 0 Å². The highest BCUT2D eigenvalue weighted by atomic mass is 16.7. The molecular formula is C14H18NO3+. The molecule has 1 aromatic rings. The summed E-state index contributed by atoms with van der Waals surface area (Å²) < 4.78 is 5.86. The second-order valence-electron chi connectivity index (χ2n) is 4.38. The predicted molar refractivity (Wildman–Crippen MR) is 69.0 cm³/mol. The second-order valence-corrected chi connectivity index (χ2v) is 4.38. The minimum atomic E-state index is 0.372. The van der Waals surface area contributed by atoms with Crippen LogP contribution in [-0.2, 0) is 4.84 Å². The fourth-order valence-electron chi connectivity index (χ4n) is 2.06. The van der Waals surface area contributed by atoms with Gasteiger partial charge in [0.05, 0.1) is 11.0 Å². The minimum absolute atomic E-state index is 0.372. The van der Waals surface area contributed by atoms with Crippen molar-refractivity contribution in [3.05, 3.63) is 40.9 Å². The van der Waals surface area contributed by atoms with E-state index in [9.17, 15) is 4.91 Å². The van der Waals surface area contributed by atoms with Gasteiger partial charge >= 0.3 is 0 Å². The summed E-state index contributed by atoms with van der Waals surface area (Å²) in [7, 11) is 1.33. The van der Waals surface area contributed by atoms with Gasteiger partial charge in [-0.1, -0.05) is 12.1 Å². The summed E-state index contributed by atoms with van der Waals surface area (Å²) in [6.07, 6.45) is 8.23. The molecule has 0 aliphatic heterocycles. The highest BCUT2D eigenvalue weighted by molar-refractivity contribution is 5.49. The van der Waals surface area contributed by atoms with Crippen molar-refractivity contribution in [1.29, 1.82) is 0 Å². The summed E-state index contributed by atoms with van der Waals surface area (Å²) >= 11 is 0. The van der Waals surface area contributed by atoms with Gasteiger partial charge in [0.25, 0.3) is 11.1 Å². The van der Waals surface area contributed by atoms with E-state index in [1.165, 1.54) is 26.2 Å². The Bertz CT molecular complexity index is 419. The monoisotopic (exact) mass is 248 g/mol. The molecule has 96 valence electrons. The Balaban J connectivity index is 1.92. The molecule has 0 atom stereocenters. The zero-order chi connectivity index (χ0) is 12.8. The third kappa shape index (κ3) is 3.58. The zero-order valence-corrected chi connectivity index (χ0v) is 10.5. The molecule has 0 bridgehead atoms. The Morgan fingerprint density at radius 2 is 1.89 bits per heavy atom. The number of hydrogen-bond acceptors (Lipinski definition) is 3. The van der Waals surface area contributed by atoms with Crippen LogP contribution in [0, 0.1) is 4.91 Å². The van der Waals surface area contributed by atoms with E-state index in [2.05, 4.69) is 4.84 Å². The number of rotatable bonds is 5. The topological polar surface area (TPSA) is 38.5 Å². The van der Waals surface area contributed by atoms with E-state index in [-0.39, 0.29) is 0 Å². The molecule has 0 radical (unpaired) electrons. The van der Waals surface area contributed by atoms with Crippen molar-refractivity contribution in [3.8, 4) is 5.75 Å². The number of nitrogens with zero attached hydrogens (tertiary/aromatic N) is 1. The molecule has 0 heterocycles. The van der Waals surface area contributed by atoms with Crippen LogP contribution in [0.25, 0.3) is 6.08 Å². The molecule has 0 spiro atoms. The van der Waals surface area contributed by atoms with Gasteiger partial charge in [0, 0.05) is 6.08 Å². The fraction of sp³-hybridized carbons (Fsp3) is 0.429. The first-order valence-electron chi connectivity index (χ1n) is 6.23. The Kier molecular flexibility index (Phi) is 4.34. The summed E-state index contributed by atoms with van der Waals surface area (Å²) in [6, 6.07) is 7.70. The molecule has 0 amide bonds. The van der Waals surface area contributed by atoms with Gasteiger partial charge < -0.3 is 4.74 Å². The maximum atomic E-state index is 10.9. The molecule has 0 aromatic heterocycles. The summed E-state index contributed by atoms with van der Waals surface area (Å²) in [5.74, 6) is 0.893. The van der Waals surface area contributed by atoms with Crippen LogP contribution >= 0.6 is 0 Å². The van der Waals surface area contributed by atoms with Gasteiger partial charge in [0.2, 0.25) is 0 Å². The van der Waals surface area contributed by atoms with Crippen molar-refractivity contribution in [2.45, 2.75) is 31.8 Å². The standard InChI is InChI=1S/C14H18NO3/c1-17-15(16)11-10-12-6-8-14(9-7-12)18-13-4-2-3-5-13/h6-11,13H,2-5H2,1H3/q+1/b11-10+. The molecule has 1 fully saturated rings. The van der Waals surface area contributed by atoms with Crippen LogP contribution in [-0.4, -0.2) is 18.1 Å². The van der Waals surface area contributed by atoms with Crippen LogP contribution in [0.15, 0.2) is 30.5 Å². The number of benzene rings is 1. The van der Waals surface area contributed by atoms with E-state index in [0.29, 0.717) is 11.0 Å². The lowest BCUT2D eigenvalue weighted by atomic mass is 10.2. The molecule has 1 aliphatic carbocycles. The maximum absolute atomic E-state index is 10.9. The van der Waals surface area contributed by atoms with Crippen LogP contribution < -0.4 is 4.74 Å². The predicted octanol–water partition coefficient (Wildman–Crippen LogP) is 3.32. The molecule has 4 nitrogen and oxygen atoms in total. The third-order valence-electron chi connectivity index (χ3n) is 3.05. The Labute approximate surface area is 107 Å². The van der Waals surface area contributed by atoms with Gasteiger partial charge in [-0.25, -0.2) is 4.84 Å². The molecule has 1 aromatic carbocycles. The van der Waals surface area contributed by atoms with E-state index in [1.807, 2.05) is 24.3 Å². The van der Waals surface area contributed by atoms with Crippen LogP contribution in [0.2, 0.25) is 0 Å². The van der Waals surface area contributed by atoms with Crippen molar-refractivity contribution >= 4 is 6.08 Å². The molecule has 1 saturated carbocycles. The average Bonchev–Trinajstić information content (AvgIpc) is 2.90. The van der Waals surface area contributed by atoms with Crippen LogP contribution in [0.3, 0.4) is 0 Å². The molecule has 0 unspecified atom stereocenters. The first-order chi connectivity index (χ1) is 8.78. The highest BCUT2D eigenvalue weighted by Crippen LogP contribution is 2.24. The summed E-state index contributed by atoms with van der Waals surface area (Å²) in [6.45, 7) is 0. The van der Waals surface area contributed by atoms with E-state index in [1.54, 1.807) is 6.08 Å². The average molecular weight is 248 g/mol. The van der Waals surface area contributed by atoms with Crippen LogP contribution in [0.4, 0.5) is 0 Å². The lowest BCUT2D eigenvalue weighted by Crippen LogP contribution is -2.10. The highest BCUT2D eigenvalue weighted by Gasteiger charge is 2.16. The van der Waals surface area contributed by atoms with E-state index in [4.69, 9.17) is 4.74 Å². The zero-order valence-electron chi connectivity index (χ0n) is 10.5. The van der Waals surface area contributed by atoms with Crippen LogP contribution in [0.1, 0.15) is 31.2 Å². The number of hydrogen-bond donors (Lipinski definition) is 0. The van der Waals surface area contributed by atoms with E-state index < -0.39 is 0 Å². The van der Waals surface area contributed by atoms with Crippen molar-refractivity contribution in [3.63, 3.8) is 0 Å². The lowest BCUT2D eigenvalue weighted by molar-refractivity contribution is -0.747. The number of ether oxygens (including phenoxy) is 1. The van der Waals surface area contributed by atoms with E-state index in [0.717, 1.165) is 24.2 Å². The third-order valence-corrected chi connectivity index (χ3v) is 3.05. The van der Waals surface area contributed by atoms with Gasteiger partial charge in [-0.05, 0) is 43.4 Å². The molecule has 0 N–H and O–H groups in total. The Hall–Kier alpha value is -1.84. The first-order valence-corrected chi connectivity index (χ1v) is 6.23. The molecule has 18 heavy (non-hydrogen) atoms. The van der Waals surface area contributed by atoms with Crippen molar-refractivity contribution in [2.75, 3.05) is 7.11 Å². The molecule has 2 rings (SSSR count). The first kappa shape index (κ1) is 12.6. The van der Waals surface area contributed by atoms with Crippen molar-refractivity contribution < 1.29 is 14.5 Å².